The quantitative estimate of drug-likeness (QED) is 0.839. The predicted octanol–water partition coefficient (Wildman–Crippen LogP) is 2.12. The number of carbonyl (C=O) groups is 1. The molecule has 1 fully saturated rings. The van der Waals surface area contributed by atoms with E-state index >= 15 is 0 Å². The largest absolute Gasteiger partial charge is 0.480 e. The van der Waals surface area contributed by atoms with Gasteiger partial charge in [0.15, 0.2) is 6.04 Å². The van der Waals surface area contributed by atoms with E-state index in [1.165, 1.54) is 0 Å². The summed E-state index contributed by atoms with van der Waals surface area (Å²) < 4.78 is 5.61. The highest BCUT2D eigenvalue weighted by Gasteiger charge is 2.34. The standard InChI is InChI=1S/C13H17NO3/c1-9-7-8-11(17-9)12(13(15)16)14-10-5-3-2-4-6-10/h2-6,9,11-12,14H,7-8H2,1H3,(H,15,16). The Balaban J connectivity index is 2.05. The van der Waals surface area contributed by atoms with Crippen molar-refractivity contribution >= 4 is 11.7 Å². The smallest absolute Gasteiger partial charge is 0.328 e. The molecule has 1 aliphatic heterocycles. The van der Waals surface area contributed by atoms with E-state index in [2.05, 4.69) is 5.32 Å². The second-order valence-electron chi connectivity index (χ2n) is 4.39. The summed E-state index contributed by atoms with van der Waals surface area (Å²) in [6.07, 6.45) is 1.62. The summed E-state index contributed by atoms with van der Waals surface area (Å²) in [6.45, 7) is 1.97. The van der Waals surface area contributed by atoms with Crippen LogP contribution in [0.5, 0.6) is 0 Å². The lowest BCUT2D eigenvalue weighted by molar-refractivity contribution is -0.141. The van der Waals surface area contributed by atoms with E-state index in [1.807, 2.05) is 37.3 Å². The molecule has 0 spiro atoms. The van der Waals surface area contributed by atoms with Gasteiger partial charge in [-0.3, -0.25) is 0 Å². The molecule has 0 radical (unpaired) electrons. The van der Waals surface area contributed by atoms with Crippen LogP contribution in [0.4, 0.5) is 5.69 Å². The number of hydrogen-bond donors (Lipinski definition) is 2. The van der Waals surface area contributed by atoms with Crippen LogP contribution < -0.4 is 5.32 Å². The van der Waals surface area contributed by atoms with Gasteiger partial charge in [0.1, 0.15) is 0 Å². The first-order valence-corrected chi connectivity index (χ1v) is 5.86. The third-order valence-corrected chi connectivity index (χ3v) is 3.00. The van der Waals surface area contributed by atoms with Gasteiger partial charge < -0.3 is 15.2 Å². The summed E-state index contributed by atoms with van der Waals surface area (Å²) in [5.41, 5.74) is 0.808. The molecule has 0 bridgehead atoms. The lowest BCUT2D eigenvalue weighted by Gasteiger charge is -2.21. The number of rotatable bonds is 4. The van der Waals surface area contributed by atoms with Gasteiger partial charge in [-0.05, 0) is 31.9 Å². The van der Waals surface area contributed by atoms with E-state index in [0.29, 0.717) is 0 Å². The highest BCUT2D eigenvalue weighted by molar-refractivity contribution is 5.78. The van der Waals surface area contributed by atoms with Gasteiger partial charge in [0.25, 0.3) is 0 Å². The molecule has 92 valence electrons. The summed E-state index contributed by atoms with van der Waals surface area (Å²) in [4.78, 5) is 11.3. The summed E-state index contributed by atoms with van der Waals surface area (Å²) in [5.74, 6) is -0.868. The Hall–Kier alpha value is -1.55. The molecule has 1 heterocycles. The second kappa shape index (κ2) is 5.19. The number of benzene rings is 1. The van der Waals surface area contributed by atoms with E-state index in [4.69, 9.17) is 4.74 Å². The van der Waals surface area contributed by atoms with Gasteiger partial charge in [-0.2, -0.15) is 0 Å². The van der Waals surface area contributed by atoms with Crippen molar-refractivity contribution in [2.45, 2.75) is 38.0 Å². The van der Waals surface area contributed by atoms with Gasteiger partial charge in [0, 0.05) is 5.69 Å². The Morgan fingerprint density at radius 1 is 1.41 bits per heavy atom. The Bertz CT molecular complexity index is 380. The second-order valence-corrected chi connectivity index (χ2v) is 4.39. The van der Waals surface area contributed by atoms with E-state index in [9.17, 15) is 9.90 Å². The number of ether oxygens (including phenoxy) is 1. The fourth-order valence-corrected chi connectivity index (χ4v) is 2.11. The molecular weight excluding hydrogens is 218 g/mol. The lowest BCUT2D eigenvalue weighted by atomic mass is 10.1. The Kier molecular flexibility index (Phi) is 3.64. The van der Waals surface area contributed by atoms with Crippen molar-refractivity contribution in [1.82, 2.24) is 0 Å². The number of para-hydroxylation sites is 1. The van der Waals surface area contributed by atoms with Crippen LogP contribution in [0, 0.1) is 0 Å². The van der Waals surface area contributed by atoms with Crippen LogP contribution in [0.1, 0.15) is 19.8 Å². The number of carboxylic acid groups (broad SMARTS) is 1. The zero-order valence-electron chi connectivity index (χ0n) is 9.80. The van der Waals surface area contributed by atoms with Crippen molar-refractivity contribution < 1.29 is 14.6 Å². The molecule has 1 aromatic rings. The van der Waals surface area contributed by atoms with Gasteiger partial charge >= 0.3 is 5.97 Å². The maximum absolute atomic E-state index is 11.3. The van der Waals surface area contributed by atoms with Crippen LogP contribution in [-0.4, -0.2) is 29.3 Å². The number of carboxylic acids is 1. The van der Waals surface area contributed by atoms with E-state index in [-0.39, 0.29) is 12.2 Å². The fourth-order valence-electron chi connectivity index (χ4n) is 2.11. The molecule has 2 rings (SSSR count). The molecule has 1 saturated heterocycles. The van der Waals surface area contributed by atoms with Crippen molar-refractivity contribution in [3.63, 3.8) is 0 Å². The molecule has 0 aliphatic carbocycles. The summed E-state index contributed by atoms with van der Waals surface area (Å²) in [6, 6.07) is 8.68. The third-order valence-electron chi connectivity index (χ3n) is 3.00. The zero-order chi connectivity index (χ0) is 12.3. The van der Waals surface area contributed by atoms with Crippen LogP contribution in [0.25, 0.3) is 0 Å². The molecule has 0 amide bonds. The summed E-state index contributed by atoms with van der Waals surface area (Å²) >= 11 is 0. The molecule has 1 aliphatic rings. The molecule has 17 heavy (non-hydrogen) atoms. The first-order valence-electron chi connectivity index (χ1n) is 5.86. The SMILES string of the molecule is CC1CCC(C(Nc2ccccc2)C(=O)O)O1. The Labute approximate surface area is 101 Å². The summed E-state index contributed by atoms with van der Waals surface area (Å²) in [5, 5.41) is 12.3. The number of nitrogens with one attached hydrogen (secondary N) is 1. The highest BCUT2D eigenvalue weighted by Crippen LogP contribution is 2.24. The average Bonchev–Trinajstić information content (AvgIpc) is 2.73. The van der Waals surface area contributed by atoms with Gasteiger partial charge in [-0.25, -0.2) is 4.79 Å². The Morgan fingerprint density at radius 3 is 2.65 bits per heavy atom. The zero-order valence-corrected chi connectivity index (χ0v) is 9.80. The molecule has 3 unspecified atom stereocenters. The lowest BCUT2D eigenvalue weighted by Crippen LogP contribution is -2.40. The normalized spacial score (nSPS) is 25.5. The first kappa shape index (κ1) is 11.9. The van der Waals surface area contributed by atoms with Gasteiger partial charge in [0.05, 0.1) is 12.2 Å². The molecule has 1 aromatic carbocycles. The van der Waals surface area contributed by atoms with Crippen LogP contribution in [0.15, 0.2) is 30.3 Å². The van der Waals surface area contributed by atoms with Crippen molar-refractivity contribution in [3.05, 3.63) is 30.3 Å². The van der Waals surface area contributed by atoms with Crippen molar-refractivity contribution in [2.75, 3.05) is 5.32 Å². The maximum Gasteiger partial charge on any atom is 0.328 e. The maximum atomic E-state index is 11.3. The predicted molar refractivity (Wildman–Crippen MR) is 65.1 cm³/mol. The first-order chi connectivity index (χ1) is 8.16. The van der Waals surface area contributed by atoms with Crippen LogP contribution in [0.3, 0.4) is 0 Å². The fraction of sp³-hybridized carbons (Fsp3) is 0.462. The monoisotopic (exact) mass is 235 g/mol. The molecule has 0 saturated carbocycles. The van der Waals surface area contributed by atoms with Crippen LogP contribution >= 0.6 is 0 Å². The molecule has 0 aromatic heterocycles. The van der Waals surface area contributed by atoms with E-state index in [0.717, 1.165) is 18.5 Å². The molecule has 4 nitrogen and oxygen atoms in total. The van der Waals surface area contributed by atoms with Gasteiger partial charge in [0.2, 0.25) is 0 Å². The van der Waals surface area contributed by atoms with Crippen molar-refractivity contribution in [2.24, 2.45) is 0 Å². The topological polar surface area (TPSA) is 58.6 Å². The molecule has 2 N–H and O–H groups in total. The summed E-state index contributed by atoms with van der Waals surface area (Å²) in [7, 11) is 0. The van der Waals surface area contributed by atoms with Gasteiger partial charge in [-0.15, -0.1) is 0 Å². The minimum absolute atomic E-state index is 0.152. The van der Waals surface area contributed by atoms with Crippen LogP contribution in [0.2, 0.25) is 0 Å². The van der Waals surface area contributed by atoms with Crippen molar-refractivity contribution in [3.8, 4) is 0 Å². The van der Waals surface area contributed by atoms with Gasteiger partial charge in [-0.1, -0.05) is 18.2 Å². The average molecular weight is 235 g/mol. The number of hydrogen-bond acceptors (Lipinski definition) is 3. The van der Waals surface area contributed by atoms with E-state index < -0.39 is 12.0 Å². The minimum Gasteiger partial charge on any atom is -0.480 e. The number of aliphatic carboxylic acids is 1. The van der Waals surface area contributed by atoms with Crippen LogP contribution in [-0.2, 0) is 9.53 Å². The molecule has 3 atom stereocenters. The molecule has 4 heteroatoms. The minimum atomic E-state index is -0.868. The Morgan fingerprint density at radius 2 is 2.12 bits per heavy atom. The molecular formula is C13H17NO3. The van der Waals surface area contributed by atoms with E-state index in [1.54, 1.807) is 0 Å². The van der Waals surface area contributed by atoms with Crippen molar-refractivity contribution in [1.29, 1.82) is 0 Å². The third kappa shape index (κ3) is 2.97. The highest BCUT2D eigenvalue weighted by atomic mass is 16.5. The number of anilines is 1.